The van der Waals surface area contributed by atoms with Gasteiger partial charge in [-0.1, -0.05) is 0 Å². The van der Waals surface area contributed by atoms with E-state index in [9.17, 15) is 0 Å². The van der Waals surface area contributed by atoms with Gasteiger partial charge in [0.2, 0.25) is 0 Å². The second-order valence-corrected chi connectivity index (χ2v) is 5.08. The lowest BCUT2D eigenvalue weighted by Crippen LogP contribution is -2.14. The number of H-pyrrole nitrogens is 1. The molecule has 6 nitrogen and oxygen atoms in total. The number of aryl methyl sites for hydroxylation is 2. The molecule has 2 heterocycles. The Balaban J connectivity index is 2.03. The van der Waals surface area contributed by atoms with Crippen LogP contribution in [0.4, 0.5) is 0 Å². The summed E-state index contributed by atoms with van der Waals surface area (Å²) in [6.45, 7) is 0. The Morgan fingerprint density at radius 3 is 3.06 bits per heavy atom. The van der Waals surface area contributed by atoms with Gasteiger partial charge >= 0.3 is 0 Å². The van der Waals surface area contributed by atoms with Gasteiger partial charge in [0, 0.05) is 11.3 Å². The van der Waals surface area contributed by atoms with Crippen LogP contribution in [0.2, 0.25) is 0 Å². The van der Waals surface area contributed by atoms with Crippen molar-refractivity contribution in [2.45, 2.75) is 29.4 Å². The molecular weight excluding hydrogens is 248 g/mol. The van der Waals surface area contributed by atoms with E-state index in [-0.39, 0.29) is 5.84 Å². The van der Waals surface area contributed by atoms with E-state index in [0.29, 0.717) is 10.7 Å². The number of hydrogen-bond donors (Lipinski definition) is 3. The van der Waals surface area contributed by atoms with Crippen LogP contribution in [-0.2, 0) is 12.8 Å². The van der Waals surface area contributed by atoms with Crippen LogP contribution in [0.25, 0.3) is 0 Å². The number of rotatable bonds is 3. The largest absolute Gasteiger partial charge is 0.384 e. The highest BCUT2D eigenvalue weighted by Crippen LogP contribution is 2.30. The van der Waals surface area contributed by atoms with Gasteiger partial charge in [0.25, 0.3) is 0 Å². The zero-order valence-electron chi connectivity index (χ0n) is 9.60. The first-order valence-electron chi connectivity index (χ1n) is 5.64. The summed E-state index contributed by atoms with van der Waals surface area (Å²) in [6.07, 6.45) is 4.59. The van der Waals surface area contributed by atoms with Gasteiger partial charge in [0.05, 0.1) is 0 Å². The molecule has 0 saturated heterocycles. The molecular formula is C11H12N6S. The van der Waals surface area contributed by atoms with Gasteiger partial charge < -0.3 is 5.73 Å². The van der Waals surface area contributed by atoms with E-state index >= 15 is 0 Å². The van der Waals surface area contributed by atoms with Gasteiger partial charge in [-0.3, -0.25) is 10.5 Å². The second-order valence-electron chi connectivity index (χ2n) is 4.11. The van der Waals surface area contributed by atoms with Crippen molar-refractivity contribution >= 4 is 17.6 Å². The Hall–Kier alpha value is -1.89. The van der Waals surface area contributed by atoms with E-state index < -0.39 is 0 Å². The number of fused-ring (bicyclic) bond motifs is 1. The maximum absolute atomic E-state index is 7.65. The highest BCUT2D eigenvalue weighted by atomic mass is 32.2. The lowest BCUT2D eigenvalue weighted by Gasteiger charge is -2.08. The molecule has 0 unspecified atom stereocenters. The minimum absolute atomic E-state index is 0.0409. The molecule has 0 atom stereocenters. The van der Waals surface area contributed by atoms with Crippen molar-refractivity contribution in [3.8, 4) is 0 Å². The minimum Gasteiger partial charge on any atom is -0.384 e. The van der Waals surface area contributed by atoms with Crippen molar-refractivity contribution in [1.29, 1.82) is 5.41 Å². The van der Waals surface area contributed by atoms with E-state index in [2.05, 4.69) is 20.2 Å². The third-order valence-electron chi connectivity index (χ3n) is 2.89. The highest BCUT2D eigenvalue weighted by Gasteiger charge is 2.18. The maximum Gasteiger partial charge on any atom is 0.189 e. The molecule has 7 heteroatoms. The van der Waals surface area contributed by atoms with Crippen LogP contribution in [0.3, 0.4) is 0 Å². The average Bonchev–Trinajstić information content (AvgIpc) is 2.97. The van der Waals surface area contributed by atoms with E-state index in [4.69, 9.17) is 11.1 Å². The molecule has 0 bridgehead atoms. The topological polar surface area (TPSA) is 104 Å². The molecule has 0 radical (unpaired) electrons. The molecule has 2 aromatic rings. The normalized spacial score (nSPS) is 13.6. The van der Waals surface area contributed by atoms with Gasteiger partial charge in [-0.25, -0.2) is 9.97 Å². The molecule has 1 aliphatic rings. The number of aromatic amines is 1. The van der Waals surface area contributed by atoms with E-state index in [0.717, 1.165) is 30.0 Å². The van der Waals surface area contributed by atoms with Gasteiger partial charge in [-0.15, -0.1) is 0 Å². The fourth-order valence-corrected chi connectivity index (χ4v) is 2.87. The number of aromatic nitrogens is 4. The summed E-state index contributed by atoms with van der Waals surface area (Å²) in [4.78, 5) is 8.65. The van der Waals surface area contributed by atoms with Crippen LogP contribution in [-0.4, -0.2) is 26.0 Å². The van der Waals surface area contributed by atoms with Crippen LogP contribution < -0.4 is 5.73 Å². The lowest BCUT2D eigenvalue weighted by atomic mass is 10.1. The van der Waals surface area contributed by atoms with Crippen molar-refractivity contribution in [3.63, 3.8) is 0 Å². The summed E-state index contributed by atoms with van der Waals surface area (Å²) in [5.41, 5.74) is 8.62. The van der Waals surface area contributed by atoms with Crippen molar-refractivity contribution in [2.24, 2.45) is 5.73 Å². The Kier molecular flexibility index (Phi) is 2.75. The van der Waals surface area contributed by atoms with Gasteiger partial charge in [0.15, 0.2) is 5.16 Å². The molecule has 92 valence electrons. The molecule has 4 N–H and O–H groups in total. The number of nitrogen functional groups attached to an aromatic ring is 1. The Bertz CT molecular complexity index is 592. The third kappa shape index (κ3) is 1.97. The van der Waals surface area contributed by atoms with Crippen molar-refractivity contribution in [3.05, 3.63) is 29.2 Å². The molecule has 0 spiro atoms. The summed E-state index contributed by atoms with van der Waals surface area (Å²) in [5, 5.41) is 15.6. The predicted octanol–water partition coefficient (Wildman–Crippen LogP) is 1.12. The van der Waals surface area contributed by atoms with E-state index in [1.165, 1.54) is 23.7 Å². The summed E-state index contributed by atoms with van der Waals surface area (Å²) in [5.74, 6) is 0.0409. The third-order valence-corrected chi connectivity index (χ3v) is 3.79. The predicted molar refractivity (Wildman–Crippen MR) is 67.8 cm³/mol. The Morgan fingerprint density at radius 1 is 1.44 bits per heavy atom. The fourth-order valence-electron chi connectivity index (χ4n) is 2.06. The summed E-state index contributed by atoms with van der Waals surface area (Å²) in [6, 6.07) is 1.98. The quantitative estimate of drug-likeness (QED) is 0.566. The maximum atomic E-state index is 7.65. The SMILES string of the molecule is N=C(N)c1cc2c(nc1Sc1ncn[nH]1)CCC2. The Morgan fingerprint density at radius 2 is 2.33 bits per heavy atom. The second kappa shape index (κ2) is 4.41. The van der Waals surface area contributed by atoms with Gasteiger partial charge in [0.1, 0.15) is 17.2 Å². The van der Waals surface area contributed by atoms with Crippen LogP contribution in [0.15, 0.2) is 22.6 Å². The molecule has 0 aliphatic heterocycles. The molecule has 0 saturated carbocycles. The molecule has 0 amide bonds. The van der Waals surface area contributed by atoms with Crippen LogP contribution in [0, 0.1) is 5.41 Å². The van der Waals surface area contributed by atoms with Gasteiger partial charge in [-0.05, 0) is 42.7 Å². The van der Waals surface area contributed by atoms with Crippen LogP contribution in [0.1, 0.15) is 23.2 Å². The first-order chi connectivity index (χ1) is 8.74. The first kappa shape index (κ1) is 11.2. The highest BCUT2D eigenvalue weighted by molar-refractivity contribution is 7.99. The molecule has 1 aliphatic carbocycles. The molecule has 18 heavy (non-hydrogen) atoms. The Labute approximate surface area is 108 Å². The van der Waals surface area contributed by atoms with Crippen molar-refractivity contribution in [2.75, 3.05) is 0 Å². The lowest BCUT2D eigenvalue weighted by molar-refractivity contribution is 0.889. The monoisotopic (exact) mass is 260 g/mol. The number of nitrogens with zero attached hydrogens (tertiary/aromatic N) is 3. The fraction of sp³-hybridized carbons (Fsp3) is 0.273. The molecule has 0 aromatic carbocycles. The smallest absolute Gasteiger partial charge is 0.189 e. The molecule has 3 rings (SSSR count). The zero-order chi connectivity index (χ0) is 12.5. The van der Waals surface area contributed by atoms with E-state index in [1.807, 2.05) is 6.07 Å². The summed E-state index contributed by atoms with van der Waals surface area (Å²) < 4.78 is 0. The number of pyridine rings is 1. The molecule has 0 fully saturated rings. The number of nitrogens with two attached hydrogens (primary N) is 1. The van der Waals surface area contributed by atoms with Crippen LogP contribution >= 0.6 is 11.8 Å². The summed E-state index contributed by atoms with van der Waals surface area (Å²) in [7, 11) is 0. The van der Waals surface area contributed by atoms with Crippen molar-refractivity contribution < 1.29 is 0 Å². The molecule has 2 aromatic heterocycles. The van der Waals surface area contributed by atoms with E-state index in [1.54, 1.807) is 0 Å². The zero-order valence-corrected chi connectivity index (χ0v) is 10.4. The van der Waals surface area contributed by atoms with Crippen molar-refractivity contribution in [1.82, 2.24) is 20.2 Å². The number of nitrogens with one attached hydrogen (secondary N) is 2. The standard InChI is InChI=1S/C11H12N6S/c12-9(13)7-4-6-2-1-3-8(6)16-10(7)18-11-14-5-15-17-11/h4-5H,1-3H2,(H3,12,13)(H,14,15,17). The van der Waals surface area contributed by atoms with Gasteiger partial charge in [-0.2, -0.15) is 5.10 Å². The summed E-state index contributed by atoms with van der Waals surface area (Å²) >= 11 is 1.35. The van der Waals surface area contributed by atoms with Crippen LogP contribution in [0.5, 0.6) is 0 Å². The first-order valence-corrected chi connectivity index (χ1v) is 6.46. The number of amidine groups is 1. The number of hydrogen-bond acceptors (Lipinski definition) is 5. The minimum atomic E-state index is 0.0409. The average molecular weight is 260 g/mol.